The Balaban J connectivity index is 1.37. The van der Waals surface area contributed by atoms with E-state index in [0.717, 1.165) is 59.2 Å². The van der Waals surface area contributed by atoms with Crippen molar-refractivity contribution in [3.8, 4) is 28.4 Å². The molecule has 0 spiro atoms. The molecule has 7 rings (SSSR count). The molecule has 6 atom stereocenters. The van der Waals surface area contributed by atoms with Crippen LogP contribution in [0.3, 0.4) is 0 Å². The summed E-state index contributed by atoms with van der Waals surface area (Å²) in [5.74, 6) is 0.268. The van der Waals surface area contributed by atoms with E-state index in [1.807, 2.05) is 86.6 Å². The SMILES string of the molecule is C=CCO[C@@]12Oc3ccc(Oc4ccc(-c5ccccc5)cc4)cc3[C@H]3[C@H](CCCCO)[C@@H](CCCCO)C=C(C(=NOCC)C[C@@H]1N(CCC)C(=O)OCc1ccccc1)[C@H]32. The van der Waals surface area contributed by atoms with Crippen molar-refractivity contribution >= 4 is 11.8 Å². The number of fused-ring (bicyclic) bond motifs is 2. The highest BCUT2D eigenvalue weighted by molar-refractivity contribution is 6.03. The van der Waals surface area contributed by atoms with Gasteiger partial charge in [-0.2, -0.15) is 0 Å². The number of ether oxygens (including phenoxy) is 4. The van der Waals surface area contributed by atoms with Crippen LogP contribution in [0.2, 0.25) is 0 Å². The van der Waals surface area contributed by atoms with Gasteiger partial charge in [0.05, 0.1) is 18.2 Å². The lowest BCUT2D eigenvalue weighted by molar-refractivity contribution is -0.255. The average molecular weight is 843 g/mol. The van der Waals surface area contributed by atoms with E-state index in [1.165, 1.54) is 0 Å². The minimum Gasteiger partial charge on any atom is -0.459 e. The molecule has 0 bridgehead atoms. The summed E-state index contributed by atoms with van der Waals surface area (Å²) in [4.78, 5) is 22.1. The minimum atomic E-state index is -1.37. The van der Waals surface area contributed by atoms with Crippen LogP contribution in [0.4, 0.5) is 4.79 Å². The van der Waals surface area contributed by atoms with Crippen LogP contribution < -0.4 is 9.47 Å². The van der Waals surface area contributed by atoms with E-state index in [4.69, 9.17) is 28.9 Å². The second-order valence-corrected chi connectivity index (χ2v) is 16.4. The topological polar surface area (TPSA) is 119 Å². The molecule has 1 aliphatic heterocycles. The summed E-state index contributed by atoms with van der Waals surface area (Å²) in [6.45, 7) is 9.30. The summed E-state index contributed by atoms with van der Waals surface area (Å²) in [5, 5.41) is 24.7. The summed E-state index contributed by atoms with van der Waals surface area (Å²) in [5.41, 5.74) is 5.85. The van der Waals surface area contributed by atoms with Crippen LogP contribution in [0.1, 0.15) is 82.3 Å². The monoisotopic (exact) mass is 842 g/mol. The van der Waals surface area contributed by atoms with Gasteiger partial charge >= 0.3 is 6.09 Å². The van der Waals surface area contributed by atoms with Gasteiger partial charge in [0.2, 0.25) is 5.79 Å². The van der Waals surface area contributed by atoms with E-state index in [2.05, 4.69) is 43.0 Å². The second-order valence-electron chi connectivity index (χ2n) is 16.4. The van der Waals surface area contributed by atoms with E-state index < -0.39 is 23.8 Å². The summed E-state index contributed by atoms with van der Waals surface area (Å²) in [6.07, 6.45) is 9.32. The van der Waals surface area contributed by atoms with E-state index >= 15 is 0 Å². The Morgan fingerprint density at radius 1 is 0.887 bits per heavy atom. The van der Waals surface area contributed by atoms with Crippen LogP contribution in [0.25, 0.3) is 11.1 Å². The number of carbonyl (C=O) groups excluding carboxylic acids is 1. The first-order chi connectivity index (χ1) is 30.4. The molecule has 1 fully saturated rings. The first-order valence-corrected chi connectivity index (χ1v) is 22.5. The van der Waals surface area contributed by atoms with Crippen LogP contribution in [-0.2, 0) is 20.9 Å². The average Bonchev–Trinajstić information content (AvgIpc) is 3.31. The Morgan fingerprint density at radius 3 is 2.27 bits per heavy atom. The molecule has 4 aromatic rings. The molecule has 0 radical (unpaired) electrons. The number of unbranched alkanes of at least 4 members (excludes halogenated alkanes) is 2. The van der Waals surface area contributed by atoms with Crippen molar-refractivity contribution in [2.24, 2.45) is 22.9 Å². The molecule has 328 valence electrons. The van der Waals surface area contributed by atoms with Gasteiger partial charge in [0.15, 0.2) is 0 Å². The number of aliphatic hydroxyl groups is 2. The second kappa shape index (κ2) is 21.6. The summed E-state index contributed by atoms with van der Waals surface area (Å²) in [7, 11) is 0. The molecule has 2 aliphatic carbocycles. The number of nitrogens with zero attached hydrogens (tertiary/aromatic N) is 2. The molecule has 0 saturated heterocycles. The number of aliphatic hydroxyl groups excluding tert-OH is 2. The van der Waals surface area contributed by atoms with Gasteiger partial charge in [-0.1, -0.05) is 110 Å². The lowest BCUT2D eigenvalue weighted by Crippen LogP contribution is -2.70. The van der Waals surface area contributed by atoms with Gasteiger partial charge in [-0.15, -0.1) is 6.58 Å². The number of amides is 1. The van der Waals surface area contributed by atoms with Crippen molar-refractivity contribution in [2.45, 2.75) is 89.6 Å². The third-order valence-corrected chi connectivity index (χ3v) is 12.4. The van der Waals surface area contributed by atoms with Crippen molar-refractivity contribution in [1.82, 2.24) is 4.90 Å². The molecule has 10 nitrogen and oxygen atoms in total. The fourth-order valence-corrected chi connectivity index (χ4v) is 9.75. The molecule has 1 saturated carbocycles. The number of benzene rings is 4. The van der Waals surface area contributed by atoms with Crippen molar-refractivity contribution in [3.05, 3.63) is 139 Å². The molecule has 1 heterocycles. The Hall–Kier alpha value is -5.42. The van der Waals surface area contributed by atoms with Gasteiger partial charge in [0.1, 0.15) is 36.5 Å². The first-order valence-electron chi connectivity index (χ1n) is 22.5. The number of carbonyl (C=O) groups is 1. The van der Waals surface area contributed by atoms with Crippen molar-refractivity contribution in [2.75, 3.05) is 33.0 Å². The Bertz CT molecular complexity index is 2120. The molecule has 1 amide bonds. The van der Waals surface area contributed by atoms with Gasteiger partial charge in [0.25, 0.3) is 0 Å². The largest absolute Gasteiger partial charge is 0.459 e. The highest BCUT2D eigenvalue weighted by atomic mass is 16.7. The molecular weight excluding hydrogens is 781 g/mol. The fourth-order valence-electron chi connectivity index (χ4n) is 9.75. The maximum absolute atomic E-state index is 14.5. The summed E-state index contributed by atoms with van der Waals surface area (Å²) in [6, 6.07) is 33.4. The molecular formula is C52H62N2O8. The molecule has 62 heavy (non-hydrogen) atoms. The predicted octanol–water partition coefficient (Wildman–Crippen LogP) is 10.8. The van der Waals surface area contributed by atoms with E-state index in [9.17, 15) is 15.0 Å². The van der Waals surface area contributed by atoms with Crippen LogP contribution in [0.5, 0.6) is 17.2 Å². The third-order valence-electron chi connectivity index (χ3n) is 12.4. The number of rotatable bonds is 21. The Labute approximate surface area is 366 Å². The number of hydrogen-bond donors (Lipinski definition) is 2. The van der Waals surface area contributed by atoms with Crippen LogP contribution in [0.15, 0.2) is 133 Å². The molecule has 0 unspecified atom stereocenters. The first kappa shape index (κ1) is 44.6. The van der Waals surface area contributed by atoms with Gasteiger partial charge in [-0.25, -0.2) is 4.79 Å². The highest BCUT2D eigenvalue weighted by Gasteiger charge is 2.65. The zero-order valence-electron chi connectivity index (χ0n) is 36.2. The smallest absolute Gasteiger partial charge is 0.410 e. The lowest BCUT2D eigenvalue weighted by Gasteiger charge is -2.59. The number of hydrogen-bond acceptors (Lipinski definition) is 9. The van der Waals surface area contributed by atoms with E-state index in [0.29, 0.717) is 56.1 Å². The Kier molecular flexibility index (Phi) is 15.5. The number of oxime groups is 1. The molecule has 0 aromatic heterocycles. The van der Waals surface area contributed by atoms with Crippen molar-refractivity contribution in [1.29, 1.82) is 0 Å². The number of allylic oxidation sites excluding steroid dienone is 1. The quantitative estimate of drug-likeness (QED) is 0.0484. The van der Waals surface area contributed by atoms with E-state index in [-0.39, 0.29) is 44.2 Å². The lowest BCUT2D eigenvalue weighted by atomic mass is 9.55. The minimum absolute atomic E-state index is 0.0838. The standard InChI is InChI=1S/C52H62N2O8/c1-4-29-54(51(57)58-36-37-17-9-7-10-18-37)48-35-46(53-60-6-3)44-33-40(21-13-15-30-55)43(22-14-16-31-56)49-45-34-42(27-28-47(45)62-52(48,50(44)49)59-32-5-2)61-41-25-23-39(24-26-41)38-19-11-8-12-20-38/h5,7-12,17-20,23-28,33-34,40,43,48-50,55-56H,2,4,6,13-16,21-22,29-32,35-36H2,1,3H3/t40-,43+,48-,49+,50+,52+/m0/s1. The summed E-state index contributed by atoms with van der Waals surface area (Å²) >= 11 is 0. The van der Waals surface area contributed by atoms with Gasteiger partial charge in [-0.05, 0) is 103 Å². The normalized spacial score (nSPS) is 23.0. The zero-order chi connectivity index (χ0) is 43.3. The van der Waals surface area contributed by atoms with Crippen molar-refractivity contribution < 1.29 is 38.8 Å². The van der Waals surface area contributed by atoms with Crippen LogP contribution in [0, 0.1) is 17.8 Å². The maximum Gasteiger partial charge on any atom is 0.410 e. The molecule has 4 aromatic carbocycles. The highest BCUT2D eigenvalue weighted by Crippen LogP contribution is 2.62. The molecule has 3 aliphatic rings. The predicted molar refractivity (Wildman–Crippen MR) is 242 cm³/mol. The molecule has 10 heteroatoms. The summed E-state index contributed by atoms with van der Waals surface area (Å²) < 4.78 is 27.1. The zero-order valence-corrected chi connectivity index (χ0v) is 36.2. The maximum atomic E-state index is 14.5. The van der Waals surface area contributed by atoms with Gasteiger partial charge < -0.3 is 34.0 Å². The Morgan fingerprint density at radius 2 is 1.58 bits per heavy atom. The third kappa shape index (κ3) is 9.94. The van der Waals surface area contributed by atoms with Gasteiger partial charge in [-0.3, -0.25) is 4.90 Å². The van der Waals surface area contributed by atoms with E-state index in [1.54, 1.807) is 11.0 Å². The van der Waals surface area contributed by atoms with Crippen molar-refractivity contribution in [3.63, 3.8) is 0 Å². The van der Waals surface area contributed by atoms with Gasteiger partial charge in [0, 0.05) is 37.7 Å². The van der Waals surface area contributed by atoms with Crippen LogP contribution in [-0.4, -0.2) is 71.7 Å². The molecule has 2 N–H and O–H groups in total. The van der Waals surface area contributed by atoms with Crippen LogP contribution >= 0.6 is 0 Å². The fraction of sp³-hybridized carbons (Fsp3) is 0.423.